The van der Waals surface area contributed by atoms with Gasteiger partial charge in [0.15, 0.2) is 0 Å². The number of hydrogen-bond acceptors (Lipinski definition) is 2. The van der Waals surface area contributed by atoms with E-state index >= 15 is 0 Å². The lowest BCUT2D eigenvalue weighted by molar-refractivity contribution is 0.771. The summed E-state index contributed by atoms with van der Waals surface area (Å²) in [5, 5.41) is 2.48. The minimum Gasteiger partial charge on any atom is -0.348 e. The third-order valence-electron chi connectivity index (χ3n) is 3.28. The number of nitrogens with one attached hydrogen (secondary N) is 1. The quantitative estimate of drug-likeness (QED) is 0.735. The van der Waals surface area contributed by atoms with Crippen LogP contribution < -0.4 is 5.73 Å². The van der Waals surface area contributed by atoms with Crippen LogP contribution in [0.25, 0.3) is 10.8 Å². The topological polar surface area (TPSA) is 54.7 Å². The van der Waals surface area contributed by atoms with Crippen LogP contribution >= 0.6 is 0 Å². The first-order valence-corrected chi connectivity index (χ1v) is 6.07. The number of nitrogens with zero attached hydrogens (tertiary/aromatic N) is 1. The fraction of sp³-hybridized carbons (Fsp3) is 0.133. The van der Waals surface area contributed by atoms with E-state index in [0.29, 0.717) is 6.54 Å². The van der Waals surface area contributed by atoms with Gasteiger partial charge >= 0.3 is 0 Å². The molecule has 3 N–H and O–H groups in total. The molecule has 0 aliphatic carbocycles. The van der Waals surface area contributed by atoms with E-state index in [2.05, 4.69) is 52.4 Å². The van der Waals surface area contributed by atoms with E-state index in [4.69, 9.17) is 5.73 Å². The van der Waals surface area contributed by atoms with Gasteiger partial charge in [0.25, 0.3) is 0 Å². The Hall–Kier alpha value is -2.13. The average Bonchev–Trinajstić information content (AvgIpc) is 2.94. The van der Waals surface area contributed by atoms with Gasteiger partial charge in [0.2, 0.25) is 0 Å². The number of hydrogen-bond donors (Lipinski definition) is 2. The van der Waals surface area contributed by atoms with Gasteiger partial charge in [-0.25, -0.2) is 4.98 Å². The van der Waals surface area contributed by atoms with Crippen molar-refractivity contribution in [3.05, 3.63) is 66.2 Å². The fourth-order valence-corrected chi connectivity index (χ4v) is 2.41. The fourth-order valence-electron chi connectivity index (χ4n) is 2.41. The molecule has 1 unspecified atom stereocenters. The van der Waals surface area contributed by atoms with Crippen LogP contribution in [0.5, 0.6) is 0 Å². The predicted molar refractivity (Wildman–Crippen MR) is 73.4 cm³/mol. The van der Waals surface area contributed by atoms with Crippen molar-refractivity contribution < 1.29 is 0 Å². The Bertz CT molecular complexity index is 638. The number of nitrogens with two attached hydrogens (primary N) is 1. The van der Waals surface area contributed by atoms with Gasteiger partial charge < -0.3 is 10.7 Å². The molecular weight excluding hydrogens is 222 g/mol. The first kappa shape index (κ1) is 11.0. The van der Waals surface area contributed by atoms with E-state index in [1.165, 1.54) is 16.3 Å². The van der Waals surface area contributed by atoms with Crippen molar-refractivity contribution in [2.45, 2.75) is 5.92 Å². The highest BCUT2D eigenvalue weighted by molar-refractivity contribution is 5.86. The number of aromatic nitrogens is 2. The maximum Gasteiger partial charge on any atom is 0.114 e. The van der Waals surface area contributed by atoms with Gasteiger partial charge in [-0.15, -0.1) is 0 Å². The maximum atomic E-state index is 5.93. The van der Waals surface area contributed by atoms with Crippen LogP contribution in [0.4, 0.5) is 0 Å². The summed E-state index contributed by atoms with van der Waals surface area (Å²) in [6.07, 6.45) is 3.60. The molecule has 90 valence electrons. The summed E-state index contributed by atoms with van der Waals surface area (Å²) in [5.41, 5.74) is 7.15. The SMILES string of the molecule is NCC(c1ncc[nH]1)c1cccc2ccccc12. The smallest absolute Gasteiger partial charge is 0.114 e. The van der Waals surface area contributed by atoms with Crippen molar-refractivity contribution in [2.24, 2.45) is 5.73 Å². The second-order valence-electron chi connectivity index (χ2n) is 4.33. The Kier molecular flexibility index (Phi) is 2.82. The summed E-state index contributed by atoms with van der Waals surface area (Å²) < 4.78 is 0. The summed E-state index contributed by atoms with van der Waals surface area (Å²) >= 11 is 0. The molecule has 3 heteroatoms. The van der Waals surface area contributed by atoms with Crippen molar-refractivity contribution >= 4 is 10.8 Å². The monoisotopic (exact) mass is 237 g/mol. The molecule has 0 amide bonds. The zero-order valence-electron chi connectivity index (χ0n) is 10.0. The van der Waals surface area contributed by atoms with Gasteiger partial charge in [-0.3, -0.25) is 0 Å². The molecule has 2 aromatic carbocycles. The zero-order chi connectivity index (χ0) is 12.4. The molecule has 1 aromatic heterocycles. The van der Waals surface area contributed by atoms with Crippen LogP contribution in [0.1, 0.15) is 17.3 Å². The number of aromatic amines is 1. The van der Waals surface area contributed by atoms with Crippen molar-refractivity contribution in [2.75, 3.05) is 6.54 Å². The second-order valence-corrected chi connectivity index (χ2v) is 4.33. The lowest BCUT2D eigenvalue weighted by Crippen LogP contribution is -2.15. The molecule has 0 fully saturated rings. The normalized spacial score (nSPS) is 12.7. The first-order valence-electron chi connectivity index (χ1n) is 6.07. The van der Waals surface area contributed by atoms with E-state index in [-0.39, 0.29) is 5.92 Å². The Balaban J connectivity index is 2.18. The second kappa shape index (κ2) is 4.63. The molecule has 0 bridgehead atoms. The molecule has 0 aliphatic heterocycles. The van der Waals surface area contributed by atoms with Gasteiger partial charge in [-0.05, 0) is 16.3 Å². The van der Waals surface area contributed by atoms with Crippen LogP contribution in [0.15, 0.2) is 54.9 Å². The van der Waals surface area contributed by atoms with Crippen LogP contribution in [0, 0.1) is 0 Å². The lowest BCUT2D eigenvalue weighted by atomic mass is 9.93. The molecule has 0 spiro atoms. The number of imidazole rings is 1. The van der Waals surface area contributed by atoms with Gasteiger partial charge in [0, 0.05) is 18.9 Å². The molecule has 1 atom stereocenters. The Morgan fingerprint density at radius 3 is 2.72 bits per heavy atom. The number of fused-ring (bicyclic) bond motifs is 1. The summed E-state index contributed by atoms with van der Waals surface area (Å²) in [7, 11) is 0. The summed E-state index contributed by atoms with van der Waals surface area (Å²) in [5.74, 6) is 1.04. The molecule has 3 rings (SSSR count). The zero-order valence-corrected chi connectivity index (χ0v) is 10.0. The van der Waals surface area contributed by atoms with Crippen molar-refractivity contribution in [1.82, 2.24) is 9.97 Å². The van der Waals surface area contributed by atoms with Crippen molar-refractivity contribution in [3.63, 3.8) is 0 Å². The minimum absolute atomic E-state index is 0.117. The average molecular weight is 237 g/mol. The first-order chi connectivity index (χ1) is 8.90. The van der Waals surface area contributed by atoms with E-state index in [9.17, 15) is 0 Å². The molecule has 18 heavy (non-hydrogen) atoms. The van der Waals surface area contributed by atoms with E-state index < -0.39 is 0 Å². The summed E-state index contributed by atoms with van der Waals surface area (Å²) in [6.45, 7) is 0.543. The van der Waals surface area contributed by atoms with Gasteiger partial charge in [0.05, 0.1) is 5.92 Å². The maximum absolute atomic E-state index is 5.93. The van der Waals surface area contributed by atoms with Gasteiger partial charge in [0.1, 0.15) is 5.82 Å². The third kappa shape index (κ3) is 1.79. The molecule has 0 saturated heterocycles. The van der Waals surface area contributed by atoms with Gasteiger partial charge in [-0.2, -0.15) is 0 Å². The molecule has 0 radical (unpaired) electrons. The number of rotatable bonds is 3. The minimum atomic E-state index is 0.117. The molecule has 3 nitrogen and oxygen atoms in total. The third-order valence-corrected chi connectivity index (χ3v) is 3.28. The predicted octanol–water partition coefficient (Wildman–Crippen LogP) is 2.65. The Labute approximate surface area is 106 Å². The highest BCUT2D eigenvalue weighted by atomic mass is 14.9. The molecule has 0 aliphatic rings. The van der Waals surface area contributed by atoms with Crippen LogP contribution in [0.3, 0.4) is 0 Å². The number of H-pyrrole nitrogens is 1. The summed E-state index contributed by atoms with van der Waals surface area (Å²) in [4.78, 5) is 7.50. The van der Waals surface area contributed by atoms with Crippen LogP contribution in [-0.2, 0) is 0 Å². The largest absolute Gasteiger partial charge is 0.348 e. The molecular formula is C15H15N3. The highest BCUT2D eigenvalue weighted by Gasteiger charge is 2.16. The van der Waals surface area contributed by atoms with E-state index in [0.717, 1.165) is 5.82 Å². The highest BCUT2D eigenvalue weighted by Crippen LogP contribution is 2.28. The van der Waals surface area contributed by atoms with Gasteiger partial charge in [-0.1, -0.05) is 42.5 Å². The van der Waals surface area contributed by atoms with Crippen molar-refractivity contribution in [3.8, 4) is 0 Å². The van der Waals surface area contributed by atoms with Crippen LogP contribution in [-0.4, -0.2) is 16.5 Å². The molecule has 0 saturated carbocycles. The Morgan fingerprint density at radius 2 is 1.94 bits per heavy atom. The summed E-state index contributed by atoms with van der Waals surface area (Å²) in [6, 6.07) is 14.7. The molecule has 1 heterocycles. The van der Waals surface area contributed by atoms with E-state index in [1.807, 2.05) is 6.20 Å². The molecule has 3 aromatic rings. The van der Waals surface area contributed by atoms with Crippen molar-refractivity contribution in [1.29, 1.82) is 0 Å². The van der Waals surface area contributed by atoms with E-state index in [1.54, 1.807) is 6.20 Å². The standard InChI is InChI=1S/C15H15N3/c16-10-14(15-17-8-9-18-15)13-7-3-5-11-4-1-2-6-12(11)13/h1-9,14H,10,16H2,(H,17,18). The number of benzene rings is 2. The van der Waals surface area contributed by atoms with Crippen LogP contribution in [0.2, 0.25) is 0 Å². The lowest BCUT2D eigenvalue weighted by Gasteiger charge is -2.15. The Morgan fingerprint density at radius 1 is 1.11 bits per heavy atom.